The third kappa shape index (κ3) is 4.72. The Balaban J connectivity index is 2.41. The van der Waals surface area contributed by atoms with Crippen molar-refractivity contribution in [3.8, 4) is 0 Å². The van der Waals surface area contributed by atoms with E-state index < -0.39 is 0 Å². The van der Waals surface area contributed by atoms with Crippen LogP contribution in [0.3, 0.4) is 0 Å². The Hall–Kier alpha value is 0.400. The van der Waals surface area contributed by atoms with E-state index in [1.807, 2.05) is 0 Å². The maximum Gasteiger partial charge on any atom is 0.0589 e. The Morgan fingerprint density at radius 3 is 2.56 bits per heavy atom. The highest BCUT2D eigenvalue weighted by atomic mass is 79.9. The molecule has 0 amide bonds. The van der Waals surface area contributed by atoms with Crippen molar-refractivity contribution >= 4 is 15.9 Å². The Morgan fingerprint density at radius 1 is 1.44 bits per heavy atom. The van der Waals surface area contributed by atoms with E-state index in [-0.39, 0.29) is 0 Å². The van der Waals surface area contributed by atoms with Crippen molar-refractivity contribution in [2.45, 2.75) is 39.2 Å². The van der Waals surface area contributed by atoms with Crippen molar-refractivity contribution in [1.82, 2.24) is 4.90 Å². The molecule has 1 aliphatic rings. The fraction of sp³-hybridized carbons (Fsp3) is 1.00. The summed E-state index contributed by atoms with van der Waals surface area (Å²) in [5, 5.41) is 1.12. The van der Waals surface area contributed by atoms with Crippen LogP contribution in [0, 0.1) is 11.8 Å². The zero-order chi connectivity index (χ0) is 12.0. The topological polar surface area (TPSA) is 12.5 Å². The second-order valence-electron chi connectivity index (χ2n) is 4.99. The highest BCUT2D eigenvalue weighted by Gasteiger charge is 2.32. The van der Waals surface area contributed by atoms with E-state index in [2.05, 4.69) is 34.7 Å². The SMILES string of the molecule is CCC(CBr)CN(CCOC)C(C)C1CC1. The summed E-state index contributed by atoms with van der Waals surface area (Å²) in [5.41, 5.74) is 0. The quantitative estimate of drug-likeness (QED) is 0.605. The Morgan fingerprint density at radius 2 is 2.12 bits per heavy atom. The molecule has 16 heavy (non-hydrogen) atoms. The fourth-order valence-corrected chi connectivity index (χ4v) is 2.83. The molecule has 1 fully saturated rings. The zero-order valence-electron chi connectivity index (χ0n) is 10.9. The van der Waals surface area contributed by atoms with E-state index >= 15 is 0 Å². The van der Waals surface area contributed by atoms with Gasteiger partial charge in [-0.15, -0.1) is 0 Å². The molecule has 0 N–H and O–H groups in total. The molecule has 0 heterocycles. The van der Waals surface area contributed by atoms with Crippen molar-refractivity contribution in [1.29, 1.82) is 0 Å². The van der Waals surface area contributed by atoms with Gasteiger partial charge in [-0.3, -0.25) is 4.90 Å². The van der Waals surface area contributed by atoms with Crippen molar-refractivity contribution in [3.05, 3.63) is 0 Å². The molecule has 2 nitrogen and oxygen atoms in total. The molecule has 2 atom stereocenters. The number of rotatable bonds is 9. The van der Waals surface area contributed by atoms with Gasteiger partial charge >= 0.3 is 0 Å². The summed E-state index contributed by atoms with van der Waals surface area (Å²) >= 11 is 3.62. The molecule has 2 unspecified atom stereocenters. The number of alkyl halides is 1. The van der Waals surface area contributed by atoms with Crippen LogP contribution in [0.15, 0.2) is 0 Å². The smallest absolute Gasteiger partial charge is 0.0589 e. The van der Waals surface area contributed by atoms with Crippen molar-refractivity contribution in [2.24, 2.45) is 11.8 Å². The average molecular weight is 292 g/mol. The van der Waals surface area contributed by atoms with Gasteiger partial charge in [-0.2, -0.15) is 0 Å². The van der Waals surface area contributed by atoms with Crippen LogP contribution in [0.1, 0.15) is 33.1 Å². The monoisotopic (exact) mass is 291 g/mol. The minimum Gasteiger partial charge on any atom is -0.383 e. The van der Waals surface area contributed by atoms with Crippen LogP contribution in [0.5, 0.6) is 0 Å². The Labute approximate surface area is 109 Å². The molecule has 3 heteroatoms. The first-order chi connectivity index (χ1) is 7.72. The van der Waals surface area contributed by atoms with Gasteiger partial charge in [0.15, 0.2) is 0 Å². The molecule has 0 spiro atoms. The predicted octanol–water partition coefficient (Wildman–Crippen LogP) is 3.15. The third-order valence-corrected chi connectivity index (χ3v) is 4.67. The maximum absolute atomic E-state index is 5.22. The van der Waals surface area contributed by atoms with Gasteiger partial charge in [0.25, 0.3) is 0 Å². The van der Waals surface area contributed by atoms with Gasteiger partial charge in [0.2, 0.25) is 0 Å². The zero-order valence-corrected chi connectivity index (χ0v) is 12.5. The number of hydrogen-bond donors (Lipinski definition) is 0. The molecule has 0 aromatic heterocycles. The average Bonchev–Trinajstić information content (AvgIpc) is 3.13. The highest BCUT2D eigenvalue weighted by molar-refractivity contribution is 9.09. The molecule has 0 aromatic rings. The number of halogens is 1. The van der Waals surface area contributed by atoms with Gasteiger partial charge in [0, 0.05) is 31.6 Å². The number of ether oxygens (including phenoxy) is 1. The minimum atomic E-state index is 0.739. The molecule has 1 saturated carbocycles. The molecule has 0 aromatic carbocycles. The van der Waals surface area contributed by atoms with Gasteiger partial charge in [0.05, 0.1) is 6.61 Å². The lowest BCUT2D eigenvalue weighted by molar-refractivity contribution is 0.105. The maximum atomic E-state index is 5.22. The van der Waals surface area contributed by atoms with Gasteiger partial charge in [-0.05, 0) is 31.6 Å². The van der Waals surface area contributed by atoms with Gasteiger partial charge in [0.1, 0.15) is 0 Å². The summed E-state index contributed by atoms with van der Waals surface area (Å²) in [4.78, 5) is 2.62. The normalized spacial score (nSPS) is 20.1. The molecule has 0 radical (unpaired) electrons. The molecule has 0 aliphatic heterocycles. The van der Waals surface area contributed by atoms with E-state index in [1.165, 1.54) is 25.8 Å². The third-order valence-electron chi connectivity index (χ3n) is 3.75. The van der Waals surface area contributed by atoms with E-state index in [0.29, 0.717) is 0 Å². The van der Waals surface area contributed by atoms with Crippen LogP contribution in [0.2, 0.25) is 0 Å². The Kier molecular flexibility index (Phi) is 6.94. The van der Waals surface area contributed by atoms with Gasteiger partial charge < -0.3 is 4.74 Å². The first-order valence-corrected chi connectivity index (χ1v) is 7.64. The summed E-state index contributed by atoms with van der Waals surface area (Å²) in [6, 6.07) is 0.739. The molecule has 0 bridgehead atoms. The first-order valence-electron chi connectivity index (χ1n) is 6.51. The summed E-state index contributed by atoms with van der Waals surface area (Å²) in [6.07, 6.45) is 4.11. The summed E-state index contributed by atoms with van der Waals surface area (Å²) in [7, 11) is 1.79. The first kappa shape index (κ1) is 14.5. The van der Waals surface area contributed by atoms with Crippen LogP contribution in [-0.2, 0) is 4.74 Å². The Bertz CT molecular complexity index is 181. The second kappa shape index (κ2) is 7.67. The lowest BCUT2D eigenvalue weighted by Gasteiger charge is -2.31. The van der Waals surface area contributed by atoms with Crippen molar-refractivity contribution in [2.75, 3.05) is 32.1 Å². The van der Waals surface area contributed by atoms with Crippen molar-refractivity contribution < 1.29 is 4.74 Å². The van der Waals surface area contributed by atoms with E-state index in [9.17, 15) is 0 Å². The standard InChI is InChI=1S/C13H26BrNO/c1-4-12(9-14)10-15(7-8-16-3)11(2)13-5-6-13/h11-13H,4-10H2,1-3H3. The predicted molar refractivity (Wildman–Crippen MR) is 73.2 cm³/mol. The van der Waals surface area contributed by atoms with Crippen LogP contribution in [-0.4, -0.2) is 43.1 Å². The molecule has 0 saturated heterocycles. The molecule has 1 rings (SSSR count). The minimum absolute atomic E-state index is 0.739. The molecular formula is C13H26BrNO. The summed E-state index contributed by atoms with van der Waals surface area (Å²) in [6.45, 7) is 7.81. The fourth-order valence-electron chi connectivity index (χ4n) is 2.17. The van der Waals surface area contributed by atoms with Crippen LogP contribution in [0.4, 0.5) is 0 Å². The molecule has 96 valence electrons. The lowest BCUT2D eigenvalue weighted by Crippen LogP contribution is -2.40. The van der Waals surface area contributed by atoms with Crippen molar-refractivity contribution in [3.63, 3.8) is 0 Å². The summed E-state index contributed by atoms with van der Waals surface area (Å²) < 4.78 is 5.22. The summed E-state index contributed by atoms with van der Waals surface area (Å²) in [5.74, 6) is 1.72. The van der Waals surface area contributed by atoms with E-state index in [4.69, 9.17) is 4.74 Å². The van der Waals surface area contributed by atoms with Gasteiger partial charge in [-0.1, -0.05) is 29.3 Å². The largest absolute Gasteiger partial charge is 0.383 e. The number of hydrogen-bond acceptors (Lipinski definition) is 2. The number of methoxy groups -OCH3 is 1. The van der Waals surface area contributed by atoms with E-state index in [0.717, 1.165) is 36.4 Å². The van der Waals surface area contributed by atoms with Gasteiger partial charge in [-0.25, -0.2) is 0 Å². The number of nitrogens with zero attached hydrogens (tertiary/aromatic N) is 1. The lowest BCUT2D eigenvalue weighted by atomic mass is 10.1. The highest BCUT2D eigenvalue weighted by Crippen LogP contribution is 2.35. The molecular weight excluding hydrogens is 266 g/mol. The molecule has 1 aliphatic carbocycles. The second-order valence-corrected chi connectivity index (χ2v) is 5.64. The van der Waals surface area contributed by atoms with Crippen LogP contribution < -0.4 is 0 Å². The van der Waals surface area contributed by atoms with Crippen LogP contribution >= 0.6 is 15.9 Å². The van der Waals surface area contributed by atoms with Crippen LogP contribution in [0.25, 0.3) is 0 Å². The van der Waals surface area contributed by atoms with E-state index in [1.54, 1.807) is 7.11 Å².